The molecule has 2 N–H and O–H groups in total. The number of Topliss-reactive ketones (excluding diaryl/α,β-unsaturated/α-hetero) is 1. The Balaban J connectivity index is 1.41. The summed E-state index contributed by atoms with van der Waals surface area (Å²) in [5.41, 5.74) is 1.64. The van der Waals surface area contributed by atoms with Gasteiger partial charge in [0.2, 0.25) is 10.9 Å². The molecule has 0 bridgehead atoms. The van der Waals surface area contributed by atoms with E-state index in [4.69, 9.17) is 13.9 Å². The second kappa shape index (κ2) is 11.2. The number of nitrogens with zero attached hydrogens (tertiary/aromatic N) is 3. The van der Waals surface area contributed by atoms with Crippen LogP contribution in [-0.4, -0.2) is 46.3 Å². The zero-order chi connectivity index (χ0) is 29.4. The van der Waals surface area contributed by atoms with Gasteiger partial charge in [-0.3, -0.25) is 14.5 Å². The predicted molar refractivity (Wildman–Crippen MR) is 158 cm³/mol. The predicted octanol–water partition coefficient (Wildman–Crippen LogP) is 6.08. The Kier molecular flexibility index (Phi) is 7.31. The van der Waals surface area contributed by atoms with E-state index < -0.39 is 23.5 Å². The maximum atomic E-state index is 14.0. The number of furan rings is 1. The van der Waals surface area contributed by atoms with E-state index in [-0.39, 0.29) is 28.0 Å². The lowest BCUT2D eigenvalue weighted by Crippen LogP contribution is -2.31. The fourth-order valence-electron chi connectivity index (χ4n) is 4.73. The largest absolute Gasteiger partial charge is 0.504 e. The lowest BCUT2D eigenvalue weighted by Gasteiger charge is -2.24. The van der Waals surface area contributed by atoms with Crippen LogP contribution in [0.1, 0.15) is 27.7 Å². The number of carbonyl (C=O) groups excluding carboxylic acids is 2. The number of ketones is 1. The number of rotatable bonds is 9. The number of phenols is 1. The number of thioether (sulfide) groups is 1. The molecular weight excluding hydrogens is 578 g/mol. The maximum absolute atomic E-state index is 14.0. The van der Waals surface area contributed by atoms with Gasteiger partial charge in [0.15, 0.2) is 38.7 Å². The van der Waals surface area contributed by atoms with E-state index in [1.807, 2.05) is 30.3 Å². The highest BCUT2D eigenvalue weighted by molar-refractivity contribution is 8.00. The number of hydrogen-bond donors (Lipinski definition) is 2. The van der Waals surface area contributed by atoms with Crippen LogP contribution < -0.4 is 14.4 Å². The minimum atomic E-state index is -1.12. The van der Waals surface area contributed by atoms with Crippen LogP contribution in [0.2, 0.25) is 0 Å². The number of aliphatic hydroxyl groups excluding tert-OH is 1. The van der Waals surface area contributed by atoms with Gasteiger partial charge in [-0.05, 0) is 35.4 Å². The molecule has 10 nitrogen and oxygen atoms in total. The molecule has 1 amide bonds. The number of anilines is 1. The number of phenolic OH excluding ortho intramolecular Hbond substituents is 1. The smallest absolute Gasteiger partial charge is 0.296 e. The van der Waals surface area contributed by atoms with Crippen LogP contribution in [0.25, 0.3) is 11.0 Å². The molecule has 0 radical (unpaired) electrons. The molecule has 1 atom stereocenters. The van der Waals surface area contributed by atoms with Crippen LogP contribution in [0.4, 0.5) is 5.13 Å². The van der Waals surface area contributed by atoms with Crippen LogP contribution in [-0.2, 0) is 10.5 Å². The lowest BCUT2D eigenvalue weighted by molar-refractivity contribution is -0.117. The number of amides is 1. The van der Waals surface area contributed by atoms with Gasteiger partial charge < -0.3 is 24.1 Å². The summed E-state index contributed by atoms with van der Waals surface area (Å²) in [5.74, 6) is -1.26. The number of benzene rings is 3. The summed E-state index contributed by atoms with van der Waals surface area (Å²) >= 11 is 2.62. The molecule has 42 heavy (non-hydrogen) atoms. The van der Waals surface area contributed by atoms with Crippen molar-refractivity contribution < 1.29 is 33.7 Å². The summed E-state index contributed by atoms with van der Waals surface area (Å²) in [6.45, 7) is 0. The van der Waals surface area contributed by atoms with Gasteiger partial charge in [0.1, 0.15) is 0 Å². The molecule has 12 heteroatoms. The highest BCUT2D eigenvalue weighted by Gasteiger charge is 2.47. The minimum Gasteiger partial charge on any atom is -0.504 e. The number of aromatic hydroxyl groups is 1. The number of fused-ring (bicyclic) bond motifs is 1. The van der Waals surface area contributed by atoms with Crippen molar-refractivity contribution in [3.8, 4) is 17.2 Å². The van der Waals surface area contributed by atoms with Gasteiger partial charge in [0.05, 0.1) is 25.8 Å². The summed E-state index contributed by atoms with van der Waals surface area (Å²) < 4.78 is 17.1. The molecule has 5 aromatic rings. The van der Waals surface area contributed by atoms with Crippen molar-refractivity contribution in [1.29, 1.82) is 0 Å². The van der Waals surface area contributed by atoms with Crippen molar-refractivity contribution >= 4 is 50.9 Å². The van der Waals surface area contributed by atoms with Gasteiger partial charge in [-0.2, -0.15) is 0 Å². The number of methoxy groups -OCH3 is 2. The Morgan fingerprint density at radius 1 is 1.00 bits per heavy atom. The summed E-state index contributed by atoms with van der Waals surface area (Å²) in [5, 5.41) is 30.6. The van der Waals surface area contributed by atoms with Crippen LogP contribution in [0.3, 0.4) is 0 Å². The highest BCUT2D eigenvalue weighted by atomic mass is 32.2. The normalized spacial score (nSPS) is 15.0. The number of carbonyl (C=O) groups is 2. The first-order chi connectivity index (χ1) is 20.4. The van der Waals surface area contributed by atoms with Crippen molar-refractivity contribution in [2.45, 2.75) is 16.1 Å². The molecule has 0 saturated heterocycles. The number of ether oxygens (including phenoxy) is 2. The van der Waals surface area contributed by atoms with E-state index in [1.54, 1.807) is 24.3 Å². The Morgan fingerprint density at radius 2 is 1.79 bits per heavy atom. The second-order valence-electron chi connectivity index (χ2n) is 9.21. The highest BCUT2D eigenvalue weighted by Crippen LogP contribution is 2.46. The topological polar surface area (TPSA) is 135 Å². The van der Waals surface area contributed by atoms with E-state index in [1.165, 1.54) is 49.1 Å². The molecule has 0 saturated carbocycles. The lowest BCUT2D eigenvalue weighted by atomic mass is 9.95. The van der Waals surface area contributed by atoms with E-state index in [0.717, 1.165) is 16.9 Å². The van der Waals surface area contributed by atoms with Gasteiger partial charge in [0, 0.05) is 11.1 Å². The van der Waals surface area contributed by atoms with Crippen molar-refractivity contribution in [2.75, 3.05) is 19.1 Å². The molecule has 1 aliphatic rings. The summed E-state index contributed by atoms with van der Waals surface area (Å²) in [4.78, 5) is 28.8. The first kappa shape index (κ1) is 27.4. The zero-order valence-electron chi connectivity index (χ0n) is 22.3. The number of para-hydroxylation sites is 1. The first-order valence-electron chi connectivity index (χ1n) is 12.6. The van der Waals surface area contributed by atoms with Crippen LogP contribution in [0.15, 0.2) is 92.9 Å². The molecule has 0 spiro atoms. The monoisotopic (exact) mass is 601 g/mol. The quantitative estimate of drug-likeness (QED) is 0.116. The maximum Gasteiger partial charge on any atom is 0.296 e. The average molecular weight is 602 g/mol. The third-order valence-corrected chi connectivity index (χ3v) is 8.86. The fourth-order valence-corrected chi connectivity index (χ4v) is 6.56. The van der Waals surface area contributed by atoms with Gasteiger partial charge in [-0.25, -0.2) is 0 Å². The van der Waals surface area contributed by atoms with E-state index in [2.05, 4.69) is 10.2 Å². The second-order valence-corrected chi connectivity index (χ2v) is 11.4. The van der Waals surface area contributed by atoms with Crippen LogP contribution >= 0.6 is 23.1 Å². The molecule has 3 heterocycles. The number of aliphatic hydroxyl groups is 1. The third kappa shape index (κ3) is 4.84. The molecule has 2 aromatic heterocycles. The van der Waals surface area contributed by atoms with Crippen LogP contribution in [0, 0.1) is 0 Å². The Hall–Kier alpha value is -4.81. The Bertz CT molecular complexity index is 1850. The molecule has 0 fully saturated rings. The minimum absolute atomic E-state index is 0.0854. The third-order valence-electron chi connectivity index (χ3n) is 6.73. The van der Waals surface area contributed by atoms with E-state index in [9.17, 15) is 19.8 Å². The summed E-state index contributed by atoms with van der Waals surface area (Å²) in [6.07, 6.45) is 0. The van der Waals surface area contributed by atoms with Crippen molar-refractivity contribution in [3.63, 3.8) is 0 Å². The summed E-state index contributed by atoms with van der Waals surface area (Å²) in [7, 11) is 2.88. The van der Waals surface area contributed by atoms with Crippen molar-refractivity contribution in [2.24, 2.45) is 0 Å². The summed E-state index contributed by atoms with van der Waals surface area (Å²) in [6, 6.07) is 19.9. The Labute approximate surface area is 247 Å². The van der Waals surface area contributed by atoms with Crippen LogP contribution in [0.5, 0.6) is 17.2 Å². The van der Waals surface area contributed by atoms with Gasteiger partial charge in [-0.1, -0.05) is 71.6 Å². The van der Waals surface area contributed by atoms with Crippen molar-refractivity contribution in [1.82, 2.24) is 10.2 Å². The van der Waals surface area contributed by atoms with E-state index in [0.29, 0.717) is 32.4 Å². The molecule has 1 aliphatic heterocycles. The van der Waals surface area contributed by atoms with Gasteiger partial charge in [-0.15, -0.1) is 10.2 Å². The molecule has 3 aromatic carbocycles. The standard InChI is InChI=1S/C30H23N3O7S2/c1-38-20-10-6-9-18-14-22(40-27(18)20)25(35)23-24(17-11-12-19(34)21(13-17)39-2)33(28(37)26(23)36)29-31-32-30(42-29)41-15-16-7-4-3-5-8-16/h3-14,24,34,36H,15H2,1-2H3. The van der Waals surface area contributed by atoms with Gasteiger partial charge >= 0.3 is 0 Å². The SMILES string of the molecule is COc1cc(C2C(C(=O)c3cc4cccc(OC)c4o3)=C(O)C(=O)N2c2nnc(SCc3ccccc3)s2)ccc1O. The molecular formula is C30H23N3O7S2. The number of hydrogen-bond acceptors (Lipinski definition) is 11. The molecule has 1 unspecified atom stereocenters. The zero-order valence-corrected chi connectivity index (χ0v) is 23.9. The first-order valence-corrected chi connectivity index (χ1v) is 14.4. The molecule has 212 valence electrons. The fraction of sp³-hybridized carbons (Fsp3) is 0.133. The number of aromatic nitrogens is 2. The Morgan fingerprint density at radius 3 is 2.55 bits per heavy atom. The average Bonchev–Trinajstić information content (AvgIpc) is 3.73. The molecule has 0 aliphatic carbocycles. The van der Waals surface area contributed by atoms with Gasteiger partial charge in [0.25, 0.3) is 5.91 Å². The molecule has 6 rings (SSSR count). The van der Waals surface area contributed by atoms with Crippen molar-refractivity contribution in [3.05, 3.63) is 101 Å². The van der Waals surface area contributed by atoms with E-state index >= 15 is 0 Å².